The molecule has 0 aliphatic heterocycles. The van der Waals surface area contributed by atoms with Gasteiger partial charge in [-0.3, -0.25) is 0 Å². The zero-order chi connectivity index (χ0) is 4.83. The van der Waals surface area contributed by atoms with Gasteiger partial charge in [0, 0.05) is 27.3 Å². The van der Waals surface area contributed by atoms with Crippen LogP contribution in [0.15, 0.2) is 0 Å². The zero-order valence-corrected chi connectivity index (χ0v) is 9.28. The van der Waals surface area contributed by atoms with E-state index in [4.69, 9.17) is 0 Å². The predicted molar refractivity (Wildman–Crippen MR) is 29.5 cm³/mol. The number of rotatable bonds is 3. The monoisotopic (exact) mass is 199 g/mol. The molecule has 0 amide bonds. The third-order valence-electron chi connectivity index (χ3n) is 0.854. The van der Waals surface area contributed by atoms with Crippen molar-refractivity contribution in [2.45, 2.75) is 32.6 Å². The van der Waals surface area contributed by atoms with Crippen LogP contribution in [0.5, 0.6) is 0 Å². The van der Waals surface area contributed by atoms with Gasteiger partial charge in [-0.05, 0) is 0 Å². The van der Waals surface area contributed by atoms with Gasteiger partial charge in [0.2, 0.25) is 0 Å². The topological polar surface area (TPSA) is 0 Å². The third kappa shape index (κ3) is 10.9. The fourth-order valence-corrected chi connectivity index (χ4v) is 0.427. The second-order valence-electron chi connectivity index (χ2n) is 1.56. The summed E-state index contributed by atoms with van der Waals surface area (Å²) in [5.41, 5.74) is 0. The van der Waals surface area contributed by atoms with E-state index < -0.39 is 0 Å². The summed E-state index contributed by atoms with van der Waals surface area (Å²) < 4.78 is 0. The molecular weight excluding hydrogens is 184 g/mol. The van der Waals surface area contributed by atoms with Crippen molar-refractivity contribution < 1.29 is 27.3 Å². The van der Waals surface area contributed by atoms with Gasteiger partial charge >= 0.3 is 0 Å². The predicted octanol–water partition coefficient (Wildman–Crippen LogP) is 2.40. The van der Waals surface area contributed by atoms with Gasteiger partial charge in [0.1, 0.15) is 0 Å². The summed E-state index contributed by atoms with van der Waals surface area (Å²) in [5, 5.41) is 0. The molecule has 0 aromatic heterocycles. The first-order valence-electron chi connectivity index (χ1n) is 2.71. The van der Waals surface area contributed by atoms with Gasteiger partial charge < -0.3 is 6.92 Å². The zero-order valence-electron chi connectivity index (χ0n) is 5.24. The van der Waals surface area contributed by atoms with Gasteiger partial charge in [-0.25, -0.2) is 0 Å². The molecular formula is C6H13Cd-. The summed E-state index contributed by atoms with van der Waals surface area (Å²) in [7, 11) is 0. The van der Waals surface area contributed by atoms with Crippen LogP contribution < -0.4 is 0 Å². The Morgan fingerprint density at radius 1 is 1.29 bits per heavy atom. The Labute approximate surface area is 66.8 Å². The summed E-state index contributed by atoms with van der Waals surface area (Å²) in [6, 6.07) is 0. The van der Waals surface area contributed by atoms with E-state index in [1.807, 2.05) is 0 Å². The maximum atomic E-state index is 3.72. The van der Waals surface area contributed by atoms with Crippen LogP contribution in [0.2, 0.25) is 0 Å². The number of hydrogen-bond donors (Lipinski definition) is 0. The quantitative estimate of drug-likeness (QED) is 0.370. The third-order valence-corrected chi connectivity index (χ3v) is 0.854. The Kier molecular flexibility index (Phi) is 15.5. The Bertz CT molecular complexity index is 16.1. The van der Waals surface area contributed by atoms with Crippen LogP contribution in [0.4, 0.5) is 0 Å². The average Bonchev–Trinajstić information content (AvgIpc) is 1.61. The molecule has 0 atom stereocenters. The van der Waals surface area contributed by atoms with Crippen molar-refractivity contribution >= 4 is 0 Å². The minimum Gasteiger partial charge on any atom is -0.343 e. The normalized spacial score (nSPS) is 7.71. The average molecular weight is 198 g/mol. The van der Waals surface area contributed by atoms with Crippen molar-refractivity contribution in [1.82, 2.24) is 0 Å². The van der Waals surface area contributed by atoms with Crippen molar-refractivity contribution in [2.75, 3.05) is 0 Å². The molecule has 0 rings (SSSR count). The molecule has 0 fully saturated rings. The van der Waals surface area contributed by atoms with E-state index in [-0.39, 0.29) is 27.3 Å². The van der Waals surface area contributed by atoms with Gasteiger partial charge in [0.05, 0.1) is 0 Å². The molecule has 40 valence electrons. The maximum absolute atomic E-state index is 3.72. The standard InChI is InChI=1S/C6H13.Cd/c1-3-5-6-4-2;/h1,3-6H2,2H3;/q-1;. The molecule has 0 aromatic carbocycles. The van der Waals surface area contributed by atoms with Crippen LogP contribution in [-0.2, 0) is 27.3 Å². The van der Waals surface area contributed by atoms with E-state index in [1.165, 1.54) is 19.3 Å². The van der Waals surface area contributed by atoms with Crippen LogP contribution in [0.3, 0.4) is 0 Å². The van der Waals surface area contributed by atoms with Crippen LogP contribution in [0, 0.1) is 6.92 Å². The van der Waals surface area contributed by atoms with Crippen molar-refractivity contribution in [3.8, 4) is 0 Å². The Morgan fingerprint density at radius 2 is 1.86 bits per heavy atom. The molecule has 0 unspecified atom stereocenters. The van der Waals surface area contributed by atoms with Gasteiger partial charge in [0.15, 0.2) is 0 Å². The summed E-state index contributed by atoms with van der Waals surface area (Å²) in [6.07, 6.45) is 5.07. The van der Waals surface area contributed by atoms with Crippen LogP contribution in [0.25, 0.3) is 0 Å². The van der Waals surface area contributed by atoms with Gasteiger partial charge in [-0.15, -0.1) is 0 Å². The molecule has 1 heteroatoms. The second-order valence-corrected chi connectivity index (χ2v) is 1.56. The molecule has 0 saturated carbocycles. The van der Waals surface area contributed by atoms with Crippen LogP contribution in [-0.4, -0.2) is 0 Å². The summed E-state index contributed by atoms with van der Waals surface area (Å²) in [5.74, 6) is 0. The van der Waals surface area contributed by atoms with E-state index in [9.17, 15) is 0 Å². The fourth-order valence-electron chi connectivity index (χ4n) is 0.427. The molecule has 0 aliphatic carbocycles. The smallest absolute Gasteiger partial charge is 0 e. The molecule has 0 aliphatic rings. The fraction of sp³-hybridized carbons (Fsp3) is 0.833. The largest absolute Gasteiger partial charge is 0.343 e. The minimum absolute atomic E-state index is 0. The second kappa shape index (κ2) is 10.0. The van der Waals surface area contributed by atoms with Gasteiger partial charge in [-0.1, -0.05) is 26.2 Å². The SMILES string of the molecule is [CH2-]CCCCC.[Cd]. The maximum Gasteiger partial charge on any atom is 0 e. The Morgan fingerprint density at radius 3 is 2.00 bits per heavy atom. The van der Waals surface area contributed by atoms with Crippen molar-refractivity contribution in [2.24, 2.45) is 0 Å². The van der Waals surface area contributed by atoms with Crippen molar-refractivity contribution in [3.05, 3.63) is 6.92 Å². The summed E-state index contributed by atoms with van der Waals surface area (Å²) in [4.78, 5) is 0. The van der Waals surface area contributed by atoms with E-state index in [2.05, 4.69) is 13.8 Å². The molecule has 0 radical (unpaired) electrons. The Balaban J connectivity index is 0. The van der Waals surface area contributed by atoms with E-state index in [1.54, 1.807) is 0 Å². The number of unbranched alkanes of at least 4 members (excludes halogenated alkanes) is 3. The molecule has 0 spiro atoms. The van der Waals surface area contributed by atoms with Crippen LogP contribution >= 0.6 is 0 Å². The molecule has 0 aromatic rings. The Hall–Kier alpha value is 0.922. The molecule has 0 saturated heterocycles. The molecule has 0 bridgehead atoms. The van der Waals surface area contributed by atoms with E-state index in [0.717, 1.165) is 6.42 Å². The number of hydrogen-bond acceptors (Lipinski definition) is 0. The molecule has 0 nitrogen and oxygen atoms in total. The molecule has 0 heterocycles. The summed E-state index contributed by atoms with van der Waals surface area (Å²) >= 11 is 0. The van der Waals surface area contributed by atoms with Crippen molar-refractivity contribution in [3.63, 3.8) is 0 Å². The molecule has 7 heavy (non-hydrogen) atoms. The van der Waals surface area contributed by atoms with Crippen LogP contribution in [0.1, 0.15) is 32.6 Å². The summed E-state index contributed by atoms with van der Waals surface area (Å²) in [6.45, 7) is 5.93. The van der Waals surface area contributed by atoms with E-state index >= 15 is 0 Å². The minimum atomic E-state index is 0. The van der Waals surface area contributed by atoms with Gasteiger partial charge in [-0.2, -0.15) is 6.42 Å². The first-order chi connectivity index (χ1) is 2.91. The molecule has 0 N–H and O–H groups in total. The van der Waals surface area contributed by atoms with Crippen molar-refractivity contribution in [1.29, 1.82) is 0 Å². The van der Waals surface area contributed by atoms with Gasteiger partial charge in [0.25, 0.3) is 0 Å². The van der Waals surface area contributed by atoms with E-state index in [0.29, 0.717) is 0 Å². The first kappa shape index (κ1) is 10.8. The first-order valence-corrected chi connectivity index (χ1v) is 2.71.